The van der Waals surface area contributed by atoms with Gasteiger partial charge in [0.25, 0.3) is 0 Å². The minimum Gasteiger partial charge on any atom is -0.382 e. The summed E-state index contributed by atoms with van der Waals surface area (Å²) in [5.41, 5.74) is 26.9. The van der Waals surface area contributed by atoms with Crippen molar-refractivity contribution < 1.29 is 37.9 Å². The fourth-order valence-corrected chi connectivity index (χ4v) is 16.7. The third-order valence-corrected chi connectivity index (χ3v) is 21.4. The van der Waals surface area contributed by atoms with Crippen LogP contribution in [0.2, 0.25) is 0 Å². The van der Waals surface area contributed by atoms with Crippen LogP contribution in [0.25, 0.3) is 100.0 Å². The van der Waals surface area contributed by atoms with E-state index in [1.807, 2.05) is 0 Å². The summed E-state index contributed by atoms with van der Waals surface area (Å²) in [6, 6.07) is 55.1. The molecule has 3 aliphatic carbocycles. The van der Waals surface area contributed by atoms with Gasteiger partial charge in [-0.3, -0.25) is 0 Å². The summed E-state index contributed by atoms with van der Waals surface area (Å²) < 4.78 is 66.9. The molecule has 0 saturated heterocycles. The number of rotatable bonds is 34. The summed E-state index contributed by atoms with van der Waals surface area (Å²) in [4.78, 5) is 4.67. The van der Waals surface area contributed by atoms with Gasteiger partial charge in [0, 0.05) is 93.4 Å². The number of hydrogen-bond acceptors (Lipinski definition) is 16. The molecular weight excluding hydrogens is 1230 g/mol. The second kappa shape index (κ2) is 29.8. The number of hydrogen-bond donors (Lipinski definition) is 0. The highest BCUT2D eigenvalue weighted by atomic mass is 32.1. The van der Waals surface area contributed by atoms with Crippen molar-refractivity contribution in [2.45, 2.75) is 54.8 Å². The average Bonchev–Trinajstić information content (AvgIpc) is 1.58. The van der Waals surface area contributed by atoms with Crippen LogP contribution >= 0.6 is 23.5 Å². The predicted molar refractivity (Wildman–Crippen MR) is 384 cm³/mol. The van der Waals surface area contributed by atoms with Crippen LogP contribution in [0, 0.1) is 0 Å². The molecule has 0 fully saturated rings. The zero-order chi connectivity index (χ0) is 65.5. The molecule has 13 rings (SSSR count). The van der Waals surface area contributed by atoms with Gasteiger partial charge in [-0.05, 0) is 193 Å². The van der Waals surface area contributed by atoms with Crippen LogP contribution in [0.4, 0.5) is 0 Å². The molecule has 0 saturated carbocycles. The summed E-state index contributed by atoms with van der Waals surface area (Å²) in [6.07, 6.45) is 5.07. The lowest BCUT2D eigenvalue weighted by molar-refractivity contribution is 0.0490. The fourth-order valence-electron chi connectivity index (χ4n) is 15.5. The molecule has 0 radical (unpaired) electrons. The van der Waals surface area contributed by atoms with Crippen molar-refractivity contribution in [3.05, 3.63) is 179 Å². The van der Waals surface area contributed by atoms with Crippen LogP contribution in [-0.2, 0) is 54.1 Å². The van der Waals surface area contributed by atoms with Crippen molar-refractivity contribution in [2.24, 2.45) is 0 Å². The Bertz CT molecular complexity index is 4010. The Morgan fingerprint density at radius 3 is 0.811 bits per heavy atom. The van der Waals surface area contributed by atoms with Crippen LogP contribution < -0.4 is 0 Å². The molecule has 8 aromatic carbocycles. The molecule has 3 aliphatic rings. The Hall–Kier alpha value is -7.00. The normalized spacial score (nSPS) is 14.5. The highest BCUT2D eigenvalue weighted by molar-refractivity contribution is 7.00. The van der Waals surface area contributed by atoms with Crippen LogP contribution in [0.3, 0.4) is 0 Å². The molecule has 0 spiro atoms. The molecule has 494 valence electrons. The summed E-state index contributed by atoms with van der Waals surface area (Å²) in [5.74, 6) is 0. The monoisotopic (exact) mass is 1310 g/mol. The van der Waals surface area contributed by atoms with E-state index in [0.29, 0.717) is 79.3 Å². The van der Waals surface area contributed by atoms with Crippen LogP contribution in [0.1, 0.15) is 71.9 Å². The third kappa shape index (κ3) is 12.9. The Balaban J connectivity index is 0.858. The summed E-state index contributed by atoms with van der Waals surface area (Å²) in [6.45, 7) is 8.56. The molecule has 95 heavy (non-hydrogen) atoms. The van der Waals surface area contributed by atoms with Gasteiger partial charge in [-0.25, -0.2) is 0 Å². The predicted octanol–water partition coefficient (Wildman–Crippen LogP) is 15.3. The van der Waals surface area contributed by atoms with Gasteiger partial charge in [0.15, 0.2) is 0 Å². The van der Waals surface area contributed by atoms with Crippen LogP contribution in [-0.4, -0.2) is 176 Å². The first-order chi connectivity index (χ1) is 46.6. The van der Waals surface area contributed by atoms with Crippen molar-refractivity contribution in [1.29, 1.82) is 0 Å². The molecule has 0 atom stereocenters. The van der Waals surface area contributed by atoms with Crippen molar-refractivity contribution in [1.82, 2.24) is 27.3 Å². The Labute approximate surface area is 568 Å². The fraction of sp³-hybridized carbons (Fsp3) is 0.392. The lowest BCUT2D eigenvalue weighted by atomic mass is 9.71. The number of benzene rings is 8. The van der Waals surface area contributed by atoms with Gasteiger partial charge in [0.1, 0.15) is 22.1 Å². The van der Waals surface area contributed by atoms with Crippen molar-refractivity contribution in [3.63, 3.8) is 0 Å². The minimum atomic E-state index is -0.334. The van der Waals surface area contributed by atoms with Gasteiger partial charge in [-0.15, -0.1) is 0 Å². The lowest BCUT2D eigenvalue weighted by Crippen LogP contribution is -2.33. The average molecular weight is 1310 g/mol. The molecule has 0 bridgehead atoms. The Kier molecular flexibility index (Phi) is 20.9. The van der Waals surface area contributed by atoms with Gasteiger partial charge in [-0.2, -0.15) is 17.5 Å². The lowest BCUT2D eigenvalue weighted by Gasteiger charge is -2.35. The number of nitrogens with zero attached hydrogens (tertiary/aromatic N) is 6. The van der Waals surface area contributed by atoms with E-state index in [0.717, 1.165) is 118 Å². The van der Waals surface area contributed by atoms with E-state index in [-0.39, 0.29) is 16.2 Å². The third-order valence-electron chi connectivity index (χ3n) is 20.4. The molecular formula is C79H88N6O8S2. The Morgan fingerprint density at radius 1 is 0.284 bits per heavy atom. The van der Waals surface area contributed by atoms with E-state index in [2.05, 4.69) is 184 Å². The number of methoxy groups -OCH3 is 4. The van der Waals surface area contributed by atoms with Crippen molar-refractivity contribution in [2.75, 3.05) is 149 Å². The number of fused-ring (bicyclic) bond motifs is 11. The van der Waals surface area contributed by atoms with E-state index < -0.39 is 0 Å². The van der Waals surface area contributed by atoms with Crippen molar-refractivity contribution in [3.8, 4) is 77.9 Å². The molecule has 2 aromatic heterocycles. The summed E-state index contributed by atoms with van der Waals surface area (Å²) in [7, 11) is 15.6. The van der Waals surface area contributed by atoms with E-state index in [4.69, 9.17) is 55.4 Å². The van der Waals surface area contributed by atoms with Crippen LogP contribution in [0.5, 0.6) is 0 Å². The van der Waals surface area contributed by atoms with Gasteiger partial charge >= 0.3 is 0 Å². The van der Waals surface area contributed by atoms with E-state index >= 15 is 0 Å². The summed E-state index contributed by atoms with van der Waals surface area (Å²) >= 11 is 2.56. The molecule has 16 heteroatoms. The molecule has 0 aliphatic heterocycles. The zero-order valence-electron chi connectivity index (χ0n) is 56.3. The smallest absolute Gasteiger partial charge is 0.113 e. The SMILES string of the molecule is COCCOCCC1(CCOCCOC)c2ccccc2-c2ccc(-c3ccc(-c4ccc5c(c4)C(CCN(C)C)(CCN(C)C)c4cc(-c6ccc(-c7ccc8c(c7)C(CCOCCOC)(CCOCCOC)c7ccccc7-8)c7nsnc67)ccc4-5)c4nsnc34)cc21. The largest absolute Gasteiger partial charge is 0.382 e. The zero-order valence-corrected chi connectivity index (χ0v) is 57.9. The van der Waals surface area contributed by atoms with Crippen LogP contribution in [0.15, 0.2) is 146 Å². The van der Waals surface area contributed by atoms with Gasteiger partial charge in [0.05, 0.1) is 76.3 Å². The quantitative estimate of drug-likeness (QED) is 0.0354. The molecule has 14 nitrogen and oxygen atoms in total. The summed E-state index contributed by atoms with van der Waals surface area (Å²) in [5, 5.41) is 0. The molecule has 0 N–H and O–H groups in total. The molecule has 0 amide bonds. The van der Waals surface area contributed by atoms with E-state index in [1.54, 1.807) is 28.4 Å². The second-order valence-corrected chi connectivity index (χ2v) is 27.2. The minimum absolute atomic E-state index is 0.319. The number of ether oxygens (including phenoxy) is 8. The first-order valence-electron chi connectivity index (χ1n) is 33.4. The molecule has 10 aromatic rings. The van der Waals surface area contributed by atoms with Gasteiger partial charge in [-0.1, -0.05) is 121 Å². The van der Waals surface area contributed by atoms with E-state index in [9.17, 15) is 0 Å². The highest BCUT2D eigenvalue weighted by Gasteiger charge is 2.46. The maximum atomic E-state index is 6.24. The van der Waals surface area contributed by atoms with Gasteiger partial charge in [0.2, 0.25) is 0 Å². The first kappa shape index (κ1) is 66.6. The van der Waals surface area contributed by atoms with E-state index in [1.165, 1.54) is 90.2 Å². The number of aromatic nitrogens is 4. The second-order valence-electron chi connectivity index (χ2n) is 26.2. The van der Waals surface area contributed by atoms with Crippen molar-refractivity contribution >= 4 is 45.5 Å². The van der Waals surface area contributed by atoms with Gasteiger partial charge < -0.3 is 47.7 Å². The maximum Gasteiger partial charge on any atom is 0.113 e. The topological polar surface area (TPSA) is 132 Å². The first-order valence-corrected chi connectivity index (χ1v) is 34.9. The Morgan fingerprint density at radius 2 is 0.537 bits per heavy atom. The highest BCUT2D eigenvalue weighted by Crippen LogP contribution is 2.58. The molecule has 2 heterocycles. The standard InChI is InChI=1S/C79H88N6O8S2/c1-84(2)35-29-77(30-36-85(3)4)69-49-53(57-25-27-59(75-73(57)80-94-82-75)55-17-21-63-61-13-9-11-15-67(61)78(71(63)51-55,31-37-90-45-41-86-5)32-38-91-46-42-87-6)19-23-65(69)66-24-20-54(50-70(66)77)58-26-28-60(76-74(58)81-95-83-76)56-18-22-64-62-14-10-12-16-68(62)79(72(64)52-56,33-39-92-47-43-88-7)34-40-93-48-44-89-8/h9-28,49-52H,29-48H2,1-8H3. The molecule has 0 unspecified atom stereocenters. The maximum absolute atomic E-state index is 6.24.